The van der Waals surface area contributed by atoms with Crippen LogP contribution in [0, 0.1) is 0 Å². The van der Waals surface area contributed by atoms with Crippen LogP contribution < -0.4 is 9.64 Å². The Bertz CT molecular complexity index is 609. The molecule has 1 aliphatic heterocycles. The number of morpholine rings is 1. The quantitative estimate of drug-likeness (QED) is 0.767. The van der Waals surface area contributed by atoms with Gasteiger partial charge in [0.05, 0.1) is 19.3 Å². The highest BCUT2D eigenvalue weighted by Gasteiger charge is 2.35. The minimum atomic E-state index is 0.0535. The standard InChI is InChI=1S/C16H23ClN4O3/c1-10-9-23-5-4-21(10)16-18-14(17)8-15(19-16)24-13-6-12(7-13)20(3)11(2)22/h8,10,12-13H,4-7,9H2,1-3H3/t10-,12-,13-/m0/s1. The molecule has 2 fully saturated rings. The van der Waals surface area contributed by atoms with Gasteiger partial charge in [0.2, 0.25) is 17.7 Å². The number of hydrogen-bond acceptors (Lipinski definition) is 6. The van der Waals surface area contributed by atoms with E-state index in [9.17, 15) is 4.79 Å². The highest BCUT2D eigenvalue weighted by atomic mass is 35.5. The molecule has 1 amide bonds. The Kier molecular flexibility index (Phi) is 5.10. The van der Waals surface area contributed by atoms with Gasteiger partial charge in [0.1, 0.15) is 11.3 Å². The summed E-state index contributed by atoms with van der Waals surface area (Å²) in [5, 5.41) is 0.366. The Morgan fingerprint density at radius 1 is 1.46 bits per heavy atom. The van der Waals surface area contributed by atoms with Gasteiger partial charge in [-0.15, -0.1) is 0 Å². The molecule has 0 N–H and O–H groups in total. The fourth-order valence-corrected chi connectivity index (χ4v) is 3.15. The lowest BCUT2D eigenvalue weighted by Crippen LogP contribution is -2.49. The van der Waals surface area contributed by atoms with Crippen molar-refractivity contribution >= 4 is 23.5 Å². The molecule has 0 spiro atoms. The van der Waals surface area contributed by atoms with Crippen LogP contribution in [0.3, 0.4) is 0 Å². The topological polar surface area (TPSA) is 67.8 Å². The van der Waals surface area contributed by atoms with Crippen LogP contribution in [-0.4, -0.2) is 65.8 Å². The first-order valence-corrected chi connectivity index (χ1v) is 8.61. The smallest absolute Gasteiger partial charge is 0.230 e. The average Bonchev–Trinajstić information content (AvgIpc) is 2.49. The van der Waals surface area contributed by atoms with Gasteiger partial charge < -0.3 is 19.3 Å². The van der Waals surface area contributed by atoms with Crippen LogP contribution in [0.25, 0.3) is 0 Å². The maximum absolute atomic E-state index is 11.4. The third-order valence-corrected chi connectivity index (χ3v) is 4.88. The highest BCUT2D eigenvalue weighted by Crippen LogP contribution is 2.30. The Labute approximate surface area is 146 Å². The highest BCUT2D eigenvalue weighted by molar-refractivity contribution is 6.29. The Morgan fingerprint density at radius 2 is 2.21 bits per heavy atom. The largest absolute Gasteiger partial charge is 0.474 e. The van der Waals surface area contributed by atoms with Gasteiger partial charge in [-0.25, -0.2) is 4.98 Å². The first-order chi connectivity index (χ1) is 11.4. The minimum Gasteiger partial charge on any atom is -0.474 e. The minimum absolute atomic E-state index is 0.0535. The lowest BCUT2D eigenvalue weighted by atomic mass is 9.88. The van der Waals surface area contributed by atoms with E-state index < -0.39 is 0 Å². The van der Waals surface area contributed by atoms with E-state index in [0.29, 0.717) is 30.2 Å². The maximum atomic E-state index is 11.4. The monoisotopic (exact) mass is 354 g/mol. The molecule has 1 saturated carbocycles. The van der Waals surface area contributed by atoms with E-state index in [1.54, 1.807) is 17.9 Å². The van der Waals surface area contributed by atoms with E-state index in [1.807, 2.05) is 7.05 Å². The van der Waals surface area contributed by atoms with Crippen molar-refractivity contribution in [1.29, 1.82) is 0 Å². The molecule has 8 heteroatoms. The van der Waals surface area contributed by atoms with E-state index in [1.165, 1.54) is 0 Å². The van der Waals surface area contributed by atoms with Gasteiger partial charge in [0, 0.05) is 45.5 Å². The number of aromatic nitrogens is 2. The Balaban J connectivity index is 1.64. The zero-order valence-corrected chi connectivity index (χ0v) is 15.0. The third-order valence-electron chi connectivity index (χ3n) is 4.69. The van der Waals surface area contributed by atoms with Crippen molar-refractivity contribution < 1.29 is 14.3 Å². The van der Waals surface area contributed by atoms with Gasteiger partial charge in [-0.3, -0.25) is 4.79 Å². The van der Waals surface area contributed by atoms with E-state index in [-0.39, 0.29) is 24.1 Å². The molecular weight excluding hydrogens is 332 g/mol. The van der Waals surface area contributed by atoms with Crippen molar-refractivity contribution in [2.45, 2.75) is 44.9 Å². The number of carbonyl (C=O) groups excluding carboxylic acids is 1. The molecule has 0 bridgehead atoms. The van der Waals surface area contributed by atoms with Crippen LogP contribution in [-0.2, 0) is 9.53 Å². The van der Waals surface area contributed by atoms with Crippen molar-refractivity contribution in [1.82, 2.24) is 14.9 Å². The van der Waals surface area contributed by atoms with Gasteiger partial charge in [0.15, 0.2) is 0 Å². The summed E-state index contributed by atoms with van der Waals surface area (Å²) in [4.78, 5) is 24.0. The summed E-state index contributed by atoms with van der Waals surface area (Å²) in [6.07, 6.45) is 1.67. The van der Waals surface area contributed by atoms with E-state index >= 15 is 0 Å². The number of anilines is 1. The summed E-state index contributed by atoms with van der Waals surface area (Å²) in [6.45, 7) is 5.67. The number of hydrogen-bond donors (Lipinski definition) is 0. The molecular formula is C16H23ClN4O3. The van der Waals surface area contributed by atoms with Crippen LogP contribution >= 0.6 is 11.6 Å². The van der Waals surface area contributed by atoms with E-state index in [2.05, 4.69) is 21.8 Å². The van der Waals surface area contributed by atoms with Crippen LogP contribution in [0.2, 0.25) is 5.15 Å². The van der Waals surface area contributed by atoms with Gasteiger partial charge in [-0.2, -0.15) is 4.98 Å². The lowest BCUT2D eigenvalue weighted by molar-refractivity contribution is -0.133. The summed E-state index contributed by atoms with van der Waals surface area (Å²) < 4.78 is 11.4. The van der Waals surface area contributed by atoms with Crippen molar-refractivity contribution in [2.24, 2.45) is 0 Å². The summed E-state index contributed by atoms with van der Waals surface area (Å²) >= 11 is 6.14. The van der Waals surface area contributed by atoms with Gasteiger partial charge >= 0.3 is 0 Å². The molecule has 2 aliphatic rings. The van der Waals surface area contributed by atoms with Crippen LogP contribution in [0.5, 0.6) is 5.88 Å². The van der Waals surface area contributed by atoms with E-state index in [0.717, 1.165) is 19.4 Å². The molecule has 1 aliphatic carbocycles. The number of amides is 1. The predicted octanol–water partition coefficient (Wildman–Crippen LogP) is 1.74. The molecule has 132 valence electrons. The van der Waals surface area contributed by atoms with Gasteiger partial charge in [0.25, 0.3) is 0 Å². The summed E-state index contributed by atoms with van der Waals surface area (Å²) in [5.41, 5.74) is 0. The number of carbonyl (C=O) groups is 1. The molecule has 24 heavy (non-hydrogen) atoms. The third kappa shape index (κ3) is 3.72. The van der Waals surface area contributed by atoms with Gasteiger partial charge in [-0.1, -0.05) is 11.6 Å². The maximum Gasteiger partial charge on any atom is 0.230 e. The van der Waals surface area contributed by atoms with Crippen molar-refractivity contribution in [3.63, 3.8) is 0 Å². The normalized spacial score (nSPS) is 26.7. The SMILES string of the molecule is CC(=O)N(C)[C@H]1C[C@H](Oc2cc(Cl)nc(N3CCOC[C@@H]3C)n2)C1. The zero-order valence-electron chi connectivity index (χ0n) is 14.2. The fourth-order valence-electron chi connectivity index (χ4n) is 2.98. The van der Waals surface area contributed by atoms with Crippen molar-refractivity contribution in [3.8, 4) is 5.88 Å². The first kappa shape index (κ1) is 17.2. The lowest BCUT2D eigenvalue weighted by Gasteiger charge is -2.40. The predicted molar refractivity (Wildman–Crippen MR) is 90.6 cm³/mol. The van der Waals surface area contributed by atoms with Gasteiger partial charge in [-0.05, 0) is 6.92 Å². The van der Waals surface area contributed by atoms with Crippen molar-refractivity contribution in [3.05, 3.63) is 11.2 Å². The number of nitrogens with zero attached hydrogens (tertiary/aromatic N) is 4. The van der Waals surface area contributed by atoms with Crippen LogP contribution in [0.1, 0.15) is 26.7 Å². The van der Waals surface area contributed by atoms with Crippen LogP contribution in [0.4, 0.5) is 5.95 Å². The second-order valence-electron chi connectivity index (χ2n) is 6.44. The summed E-state index contributed by atoms with van der Waals surface area (Å²) in [6, 6.07) is 2.07. The summed E-state index contributed by atoms with van der Waals surface area (Å²) in [5.74, 6) is 1.13. The second kappa shape index (κ2) is 7.11. The average molecular weight is 355 g/mol. The number of halogens is 1. The Morgan fingerprint density at radius 3 is 2.88 bits per heavy atom. The van der Waals surface area contributed by atoms with E-state index in [4.69, 9.17) is 21.1 Å². The Hall–Kier alpha value is -1.60. The zero-order chi connectivity index (χ0) is 17.3. The molecule has 3 rings (SSSR count). The molecule has 1 aromatic heterocycles. The molecule has 1 aromatic rings. The molecule has 0 aromatic carbocycles. The van der Waals surface area contributed by atoms with Crippen LogP contribution in [0.15, 0.2) is 6.07 Å². The molecule has 0 radical (unpaired) electrons. The number of rotatable bonds is 4. The summed E-state index contributed by atoms with van der Waals surface area (Å²) in [7, 11) is 1.82. The second-order valence-corrected chi connectivity index (χ2v) is 6.83. The van der Waals surface area contributed by atoms with Crippen molar-refractivity contribution in [2.75, 3.05) is 31.7 Å². The molecule has 0 unspecified atom stereocenters. The molecule has 1 atom stereocenters. The first-order valence-electron chi connectivity index (χ1n) is 8.23. The molecule has 7 nitrogen and oxygen atoms in total. The number of ether oxygens (including phenoxy) is 2. The fraction of sp³-hybridized carbons (Fsp3) is 0.688. The molecule has 1 saturated heterocycles. The molecule has 2 heterocycles.